The molecule has 0 saturated carbocycles. The lowest BCUT2D eigenvalue weighted by atomic mass is 9.87. The molecule has 4 aromatic rings. The summed E-state index contributed by atoms with van der Waals surface area (Å²) in [4.78, 5) is 18.2. The lowest BCUT2D eigenvalue weighted by Crippen LogP contribution is -2.24. The molecule has 3 aromatic carbocycles. The summed E-state index contributed by atoms with van der Waals surface area (Å²) in [6, 6.07) is 24.3. The number of para-hydroxylation sites is 1. The third-order valence-electron chi connectivity index (χ3n) is 5.33. The van der Waals surface area contributed by atoms with Gasteiger partial charge >= 0.3 is 0 Å². The molecule has 0 N–H and O–H groups in total. The third kappa shape index (κ3) is 3.86. The summed E-state index contributed by atoms with van der Waals surface area (Å²) < 4.78 is 1.79. The summed E-state index contributed by atoms with van der Waals surface area (Å²) in [7, 11) is 0. The summed E-state index contributed by atoms with van der Waals surface area (Å²) in [6.07, 6.45) is 0. The summed E-state index contributed by atoms with van der Waals surface area (Å²) >= 11 is 0. The standard InChI is InChI=1S/C26H26N2O/c1-18-9-13-20(14-10-18)24-27-23-8-6-5-7-22(23)25(29)28(24)17-19-11-15-21(16-12-19)26(2,3)4/h5-16H,17H2,1-4H3. The average Bonchev–Trinajstić information content (AvgIpc) is 2.70. The Balaban J connectivity index is 1.85. The molecule has 1 aromatic heterocycles. The van der Waals surface area contributed by atoms with E-state index in [0.717, 1.165) is 16.6 Å². The van der Waals surface area contributed by atoms with Crippen LogP contribution in [0.15, 0.2) is 77.6 Å². The smallest absolute Gasteiger partial charge is 0.261 e. The minimum Gasteiger partial charge on any atom is -0.288 e. The molecular formula is C26H26N2O. The Morgan fingerprint density at radius 1 is 0.862 bits per heavy atom. The number of nitrogens with zero attached hydrogens (tertiary/aromatic N) is 2. The van der Waals surface area contributed by atoms with Crippen LogP contribution in [0.3, 0.4) is 0 Å². The van der Waals surface area contributed by atoms with Crippen molar-refractivity contribution in [2.45, 2.75) is 39.7 Å². The minimum absolute atomic E-state index is 0.00827. The van der Waals surface area contributed by atoms with Gasteiger partial charge in [0.25, 0.3) is 5.56 Å². The number of aryl methyl sites for hydroxylation is 1. The van der Waals surface area contributed by atoms with Crippen LogP contribution < -0.4 is 5.56 Å². The summed E-state index contributed by atoms with van der Waals surface area (Å²) in [6.45, 7) is 9.16. The van der Waals surface area contributed by atoms with Crippen molar-refractivity contribution >= 4 is 10.9 Å². The predicted molar refractivity (Wildman–Crippen MR) is 120 cm³/mol. The Labute approximate surface area is 171 Å². The summed E-state index contributed by atoms with van der Waals surface area (Å²) in [5.74, 6) is 0.702. The fourth-order valence-corrected chi connectivity index (χ4v) is 3.53. The van der Waals surface area contributed by atoms with E-state index >= 15 is 0 Å². The number of benzene rings is 3. The quantitative estimate of drug-likeness (QED) is 0.454. The number of fused-ring (bicyclic) bond motifs is 1. The van der Waals surface area contributed by atoms with Crippen LogP contribution in [0.5, 0.6) is 0 Å². The molecule has 0 aliphatic heterocycles. The Morgan fingerprint density at radius 2 is 1.52 bits per heavy atom. The number of rotatable bonds is 3. The Kier molecular flexibility index (Phi) is 4.83. The second kappa shape index (κ2) is 7.32. The van der Waals surface area contributed by atoms with Crippen LogP contribution >= 0.6 is 0 Å². The van der Waals surface area contributed by atoms with Gasteiger partial charge in [-0.25, -0.2) is 4.98 Å². The summed E-state index contributed by atoms with van der Waals surface area (Å²) in [5, 5.41) is 0.648. The van der Waals surface area contributed by atoms with Gasteiger partial charge in [0.2, 0.25) is 0 Å². The Bertz CT molecular complexity index is 1210. The van der Waals surface area contributed by atoms with Crippen molar-refractivity contribution in [2.24, 2.45) is 0 Å². The molecule has 0 aliphatic carbocycles. The largest absolute Gasteiger partial charge is 0.288 e. The molecule has 0 aliphatic rings. The molecule has 29 heavy (non-hydrogen) atoms. The zero-order valence-corrected chi connectivity index (χ0v) is 17.4. The maximum absolute atomic E-state index is 13.3. The molecule has 0 radical (unpaired) electrons. The van der Waals surface area contributed by atoms with Crippen LogP contribution in [-0.2, 0) is 12.0 Å². The van der Waals surface area contributed by atoms with Gasteiger partial charge in [-0.2, -0.15) is 0 Å². The minimum atomic E-state index is -0.00827. The topological polar surface area (TPSA) is 34.9 Å². The lowest BCUT2D eigenvalue weighted by molar-refractivity contribution is 0.589. The van der Waals surface area contributed by atoms with Crippen molar-refractivity contribution in [1.29, 1.82) is 0 Å². The van der Waals surface area contributed by atoms with E-state index in [9.17, 15) is 4.79 Å². The first-order valence-corrected chi connectivity index (χ1v) is 9.99. The van der Waals surface area contributed by atoms with E-state index in [1.54, 1.807) is 4.57 Å². The van der Waals surface area contributed by atoms with E-state index in [0.29, 0.717) is 17.8 Å². The first kappa shape index (κ1) is 19.1. The van der Waals surface area contributed by atoms with E-state index in [4.69, 9.17) is 4.98 Å². The Hall–Kier alpha value is -3.20. The van der Waals surface area contributed by atoms with Crippen molar-refractivity contribution in [2.75, 3.05) is 0 Å². The average molecular weight is 383 g/mol. The zero-order chi connectivity index (χ0) is 20.6. The molecule has 1 heterocycles. The second-order valence-corrected chi connectivity index (χ2v) is 8.66. The van der Waals surface area contributed by atoms with Crippen LogP contribution in [0.1, 0.15) is 37.5 Å². The molecule has 4 rings (SSSR count). The predicted octanol–water partition coefficient (Wildman–Crippen LogP) is 5.72. The molecule has 0 saturated heterocycles. The van der Waals surface area contributed by atoms with Gasteiger partial charge in [0.05, 0.1) is 17.4 Å². The van der Waals surface area contributed by atoms with Gasteiger partial charge in [-0.1, -0.05) is 87.0 Å². The highest BCUT2D eigenvalue weighted by atomic mass is 16.1. The normalized spacial score (nSPS) is 11.7. The van der Waals surface area contributed by atoms with E-state index in [2.05, 4.69) is 64.1 Å². The molecule has 0 spiro atoms. The molecule has 0 atom stereocenters. The van der Waals surface area contributed by atoms with E-state index < -0.39 is 0 Å². The van der Waals surface area contributed by atoms with Crippen molar-refractivity contribution in [3.05, 3.63) is 99.8 Å². The van der Waals surface area contributed by atoms with Gasteiger partial charge in [0, 0.05) is 5.56 Å². The fraction of sp³-hybridized carbons (Fsp3) is 0.231. The maximum atomic E-state index is 13.3. The van der Waals surface area contributed by atoms with Gasteiger partial charge < -0.3 is 0 Å². The molecule has 0 unspecified atom stereocenters. The van der Waals surface area contributed by atoms with Crippen LogP contribution in [0.25, 0.3) is 22.3 Å². The highest BCUT2D eigenvalue weighted by molar-refractivity contribution is 5.79. The number of hydrogen-bond acceptors (Lipinski definition) is 2. The van der Waals surface area contributed by atoms with Crippen molar-refractivity contribution in [3.63, 3.8) is 0 Å². The van der Waals surface area contributed by atoms with E-state index in [1.165, 1.54) is 11.1 Å². The molecule has 3 heteroatoms. The molecular weight excluding hydrogens is 356 g/mol. The fourth-order valence-electron chi connectivity index (χ4n) is 3.53. The second-order valence-electron chi connectivity index (χ2n) is 8.66. The SMILES string of the molecule is Cc1ccc(-c2nc3ccccc3c(=O)n2Cc2ccc(C(C)(C)C)cc2)cc1. The highest BCUT2D eigenvalue weighted by Gasteiger charge is 2.15. The molecule has 0 amide bonds. The van der Waals surface area contributed by atoms with E-state index in [-0.39, 0.29) is 11.0 Å². The Morgan fingerprint density at radius 3 is 2.17 bits per heavy atom. The van der Waals surface area contributed by atoms with Crippen molar-refractivity contribution in [1.82, 2.24) is 9.55 Å². The van der Waals surface area contributed by atoms with Gasteiger partial charge in [0.1, 0.15) is 5.82 Å². The van der Waals surface area contributed by atoms with Crippen LogP contribution in [0.2, 0.25) is 0 Å². The maximum Gasteiger partial charge on any atom is 0.261 e. The zero-order valence-electron chi connectivity index (χ0n) is 17.4. The number of aromatic nitrogens is 2. The van der Waals surface area contributed by atoms with E-state index in [1.807, 2.05) is 36.4 Å². The van der Waals surface area contributed by atoms with Crippen LogP contribution in [-0.4, -0.2) is 9.55 Å². The van der Waals surface area contributed by atoms with Gasteiger partial charge in [-0.15, -0.1) is 0 Å². The first-order chi connectivity index (χ1) is 13.8. The highest BCUT2D eigenvalue weighted by Crippen LogP contribution is 2.24. The first-order valence-electron chi connectivity index (χ1n) is 9.99. The van der Waals surface area contributed by atoms with Gasteiger partial charge in [0.15, 0.2) is 0 Å². The van der Waals surface area contributed by atoms with Gasteiger partial charge in [-0.3, -0.25) is 9.36 Å². The van der Waals surface area contributed by atoms with Crippen LogP contribution in [0.4, 0.5) is 0 Å². The molecule has 0 bridgehead atoms. The lowest BCUT2D eigenvalue weighted by Gasteiger charge is -2.19. The third-order valence-corrected chi connectivity index (χ3v) is 5.33. The molecule has 0 fully saturated rings. The van der Waals surface area contributed by atoms with Crippen molar-refractivity contribution < 1.29 is 0 Å². The summed E-state index contributed by atoms with van der Waals surface area (Å²) in [5.41, 5.74) is 5.33. The number of hydrogen-bond donors (Lipinski definition) is 0. The molecule has 146 valence electrons. The molecule has 3 nitrogen and oxygen atoms in total. The monoisotopic (exact) mass is 382 g/mol. The van der Waals surface area contributed by atoms with Crippen LogP contribution in [0, 0.1) is 6.92 Å². The van der Waals surface area contributed by atoms with Gasteiger partial charge in [-0.05, 0) is 35.6 Å². The van der Waals surface area contributed by atoms with Crippen molar-refractivity contribution in [3.8, 4) is 11.4 Å².